The lowest BCUT2D eigenvalue weighted by molar-refractivity contribution is -0.255. The predicted octanol–water partition coefficient (Wildman–Crippen LogP) is 2.79. The van der Waals surface area contributed by atoms with Crippen molar-refractivity contribution in [1.82, 2.24) is 5.43 Å². The van der Waals surface area contributed by atoms with E-state index in [-0.39, 0.29) is 11.5 Å². The molecular formula is C24H21N2O5-. The molecule has 0 atom stereocenters. The smallest absolute Gasteiger partial charge is 0.271 e. The van der Waals surface area contributed by atoms with Crippen LogP contribution >= 0.6 is 0 Å². The van der Waals surface area contributed by atoms with E-state index in [1.54, 1.807) is 24.3 Å². The van der Waals surface area contributed by atoms with Crippen molar-refractivity contribution in [3.8, 4) is 11.5 Å². The topological polar surface area (TPSA) is 100 Å². The number of hydrazone groups is 1. The molecule has 0 aliphatic heterocycles. The SMILES string of the molecule is CCOc1ccc(OCc2ccc(C(=O)N/N=C\c3ccc(C(=O)[O-])cc3)cc2)cc1. The molecule has 0 bridgehead atoms. The average Bonchev–Trinajstić information content (AvgIpc) is 2.79. The van der Waals surface area contributed by atoms with E-state index in [0.29, 0.717) is 24.3 Å². The van der Waals surface area contributed by atoms with Crippen molar-refractivity contribution >= 4 is 18.1 Å². The summed E-state index contributed by atoms with van der Waals surface area (Å²) in [4.78, 5) is 22.9. The van der Waals surface area contributed by atoms with Crippen LogP contribution in [0.5, 0.6) is 11.5 Å². The molecule has 7 nitrogen and oxygen atoms in total. The van der Waals surface area contributed by atoms with Gasteiger partial charge in [-0.15, -0.1) is 0 Å². The zero-order valence-corrected chi connectivity index (χ0v) is 16.9. The molecule has 1 amide bonds. The number of amides is 1. The van der Waals surface area contributed by atoms with Gasteiger partial charge in [0.05, 0.1) is 18.8 Å². The summed E-state index contributed by atoms with van der Waals surface area (Å²) in [7, 11) is 0. The molecule has 0 aliphatic carbocycles. The fourth-order valence-electron chi connectivity index (χ4n) is 2.65. The van der Waals surface area contributed by atoms with E-state index in [2.05, 4.69) is 10.5 Å². The van der Waals surface area contributed by atoms with Gasteiger partial charge in [0, 0.05) is 5.56 Å². The first-order valence-corrected chi connectivity index (χ1v) is 9.64. The Morgan fingerprint density at radius 3 is 2.03 bits per heavy atom. The van der Waals surface area contributed by atoms with Gasteiger partial charge in [-0.25, -0.2) is 5.43 Å². The van der Waals surface area contributed by atoms with E-state index in [1.165, 1.54) is 18.3 Å². The molecule has 0 heterocycles. The van der Waals surface area contributed by atoms with Gasteiger partial charge < -0.3 is 19.4 Å². The van der Waals surface area contributed by atoms with Crippen molar-refractivity contribution in [2.75, 3.05) is 6.61 Å². The van der Waals surface area contributed by atoms with Crippen LogP contribution in [-0.2, 0) is 6.61 Å². The van der Waals surface area contributed by atoms with Gasteiger partial charge in [-0.2, -0.15) is 5.10 Å². The summed E-state index contributed by atoms with van der Waals surface area (Å²) in [6, 6.07) is 20.4. The Morgan fingerprint density at radius 2 is 1.45 bits per heavy atom. The quantitative estimate of drug-likeness (QED) is 0.426. The summed E-state index contributed by atoms with van der Waals surface area (Å²) < 4.78 is 11.1. The van der Waals surface area contributed by atoms with Gasteiger partial charge in [-0.1, -0.05) is 36.4 Å². The Bertz CT molecular complexity index is 1040. The van der Waals surface area contributed by atoms with Crippen LogP contribution in [0.3, 0.4) is 0 Å². The molecule has 1 N–H and O–H groups in total. The number of aromatic carboxylic acids is 1. The van der Waals surface area contributed by atoms with Gasteiger partial charge in [0.1, 0.15) is 18.1 Å². The molecule has 0 saturated heterocycles. The second kappa shape index (κ2) is 10.6. The Kier molecular flexibility index (Phi) is 7.37. The molecule has 158 valence electrons. The number of benzene rings is 3. The van der Waals surface area contributed by atoms with E-state index in [9.17, 15) is 14.7 Å². The minimum absolute atomic E-state index is 0.0766. The summed E-state index contributed by atoms with van der Waals surface area (Å²) in [5, 5.41) is 14.6. The van der Waals surface area contributed by atoms with Gasteiger partial charge in [0.2, 0.25) is 0 Å². The molecule has 7 heteroatoms. The monoisotopic (exact) mass is 417 g/mol. The van der Waals surface area contributed by atoms with Crippen LogP contribution in [0.15, 0.2) is 77.9 Å². The Labute approximate surface area is 179 Å². The molecule has 3 aromatic rings. The van der Waals surface area contributed by atoms with Gasteiger partial charge in [-0.05, 0) is 60.0 Å². The van der Waals surface area contributed by atoms with Crippen LogP contribution in [0.2, 0.25) is 0 Å². The van der Waals surface area contributed by atoms with Crippen molar-refractivity contribution in [2.24, 2.45) is 5.10 Å². The van der Waals surface area contributed by atoms with Crippen LogP contribution in [0.4, 0.5) is 0 Å². The lowest BCUT2D eigenvalue weighted by atomic mass is 10.1. The first kappa shape index (κ1) is 21.6. The summed E-state index contributed by atoms with van der Waals surface area (Å²) >= 11 is 0. The molecule has 0 spiro atoms. The number of carbonyl (C=O) groups is 2. The molecule has 0 unspecified atom stereocenters. The van der Waals surface area contributed by atoms with Crippen LogP contribution in [-0.4, -0.2) is 24.7 Å². The summed E-state index contributed by atoms with van der Waals surface area (Å²) in [6.45, 7) is 2.92. The Balaban J connectivity index is 1.49. The molecule has 0 radical (unpaired) electrons. The van der Waals surface area contributed by atoms with Crippen LogP contribution in [0.25, 0.3) is 0 Å². The maximum absolute atomic E-state index is 12.2. The minimum atomic E-state index is -1.25. The van der Waals surface area contributed by atoms with Gasteiger partial charge in [-0.3, -0.25) is 4.79 Å². The van der Waals surface area contributed by atoms with Crippen LogP contribution < -0.4 is 20.0 Å². The fraction of sp³-hybridized carbons (Fsp3) is 0.125. The fourth-order valence-corrected chi connectivity index (χ4v) is 2.65. The number of nitrogens with zero attached hydrogens (tertiary/aromatic N) is 1. The number of rotatable bonds is 9. The highest BCUT2D eigenvalue weighted by molar-refractivity contribution is 5.95. The number of hydrogen-bond acceptors (Lipinski definition) is 6. The molecule has 0 saturated carbocycles. The van der Waals surface area contributed by atoms with Gasteiger partial charge >= 0.3 is 0 Å². The number of carboxylic acid groups (broad SMARTS) is 1. The molecule has 3 aromatic carbocycles. The summed E-state index contributed by atoms with van der Waals surface area (Å²) in [6.07, 6.45) is 1.43. The normalized spacial score (nSPS) is 10.6. The minimum Gasteiger partial charge on any atom is -0.545 e. The van der Waals surface area contributed by atoms with Crippen molar-refractivity contribution in [3.63, 3.8) is 0 Å². The first-order valence-electron chi connectivity index (χ1n) is 9.64. The standard InChI is InChI=1S/C24H22N2O5/c1-2-30-21-11-13-22(14-12-21)31-16-18-5-7-19(8-6-18)23(27)26-25-15-17-3-9-20(10-4-17)24(28)29/h3-15H,2,16H2,1H3,(H,26,27)(H,28,29)/p-1/b25-15-. The second-order valence-electron chi connectivity index (χ2n) is 6.50. The lowest BCUT2D eigenvalue weighted by Crippen LogP contribution is -2.22. The maximum Gasteiger partial charge on any atom is 0.271 e. The molecule has 3 rings (SSSR count). The third-order valence-corrected chi connectivity index (χ3v) is 4.28. The van der Waals surface area contributed by atoms with E-state index in [4.69, 9.17) is 9.47 Å². The van der Waals surface area contributed by atoms with E-state index < -0.39 is 5.97 Å². The molecular weight excluding hydrogens is 396 g/mol. The van der Waals surface area contributed by atoms with Crippen molar-refractivity contribution in [3.05, 3.63) is 95.1 Å². The van der Waals surface area contributed by atoms with Crippen LogP contribution in [0.1, 0.15) is 38.8 Å². The summed E-state index contributed by atoms with van der Waals surface area (Å²) in [5.74, 6) is -0.0820. The number of carbonyl (C=O) groups excluding carboxylic acids is 2. The van der Waals surface area contributed by atoms with Crippen molar-refractivity contribution in [2.45, 2.75) is 13.5 Å². The average molecular weight is 417 g/mol. The number of nitrogens with one attached hydrogen (secondary N) is 1. The molecule has 31 heavy (non-hydrogen) atoms. The third kappa shape index (κ3) is 6.43. The highest BCUT2D eigenvalue weighted by Gasteiger charge is 2.05. The zero-order chi connectivity index (χ0) is 22.1. The molecule has 0 fully saturated rings. The highest BCUT2D eigenvalue weighted by Crippen LogP contribution is 2.18. The lowest BCUT2D eigenvalue weighted by Gasteiger charge is -2.08. The predicted molar refractivity (Wildman–Crippen MR) is 114 cm³/mol. The van der Waals surface area contributed by atoms with E-state index >= 15 is 0 Å². The second-order valence-corrected chi connectivity index (χ2v) is 6.50. The maximum atomic E-state index is 12.2. The number of carboxylic acids is 1. The van der Waals surface area contributed by atoms with Crippen LogP contribution in [0, 0.1) is 0 Å². The molecule has 0 aromatic heterocycles. The van der Waals surface area contributed by atoms with E-state index in [0.717, 1.165) is 17.1 Å². The van der Waals surface area contributed by atoms with Gasteiger partial charge in [0.15, 0.2) is 0 Å². The molecule has 0 aliphatic rings. The number of ether oxygens (including phenoxy) is 2. The largest absolute Gasteiger partial charge is 0.545 e. The van der Waals surface area contributed by atoms with Crippen molar-refractivity contribution < 1.29 is 24.2 Å². The van der Waals surface area contributed by atoms with Gasteiger partial charge in [0.25, 0.3) is 5.91 Å². The number of hydrogen-bond donors (Lipinski definition) is 1. The van der Waals surface area contributed by atoms with Crippen molar-refractivity contribution in [1.29, 1.82) is 0 Å². The summed E-state index contributed by atoms with van der Waals surface area (Å²) in [5.41, 5.74) is 4.53. The van der Waals surface area contributed by atoms with E-state index in [1.807, 2.05) is 43.3 Å². The third-order valence-electron chi connectivity index (χ3n) is 4.28. The highest BCUT2D eigenvalue weighted by atomic mass is 16.5. The first-order chi connectivity index (χ1) is 15.0. The Hall–Kier alpha value is -4.13. The zero-order valence-electron chi connectivity index (χ0n) is 16.9. The Morgan fingerprint density at radius 1 is 0.871 bits per heavy atom.